The summed E-state index contributed by atoms with van der Waals surface area (Å²) >= 11 is 0. The zero-order valence-electron chi connectivity index (χ0n) is 21.1. The molecule has 12 heteroatoms. The number of amides is 1. The highest BCUT2D eigenvalue weighted by atomic mass is 28.3. The van der Waals surface area contributed by atoms with Gasteiger partial charge in [-0.2, -0.15) is 0 Å². The first-order chi connectivity index (χ1) is 17.7. The fourth-order valence-corrected chi connectivity index (χ4v) is 5.06. The predicted molar refractivity (Wildman–Crippen MR) is 140 cm³/mol. The first-order valence-corrected chi connectivity index (χ1v) is 15.8. The fourth-order valence-electron chi connectivity index (χ4n) is 4.30. The molecular weight excluding hydrogens is 492 g/mol. The highest BCUT2D eigenvalue weighted by Crippen LogP contribution is 2.38. The molecule has 1 aliphatic heterocycles. The number of anilines is 1. The van der Waals surface area contributed by atoms with E-state index in [1.807, 2.05) is 29.0 Å². The normalized spacial score (nSPS) is 13.6. The number of hydrogen-bond acceptors (Lipinski definition) is 8. The van der Waals surface area contributed by atoms with E-state index in [0.717, 1.165) is 17.2 Å². The minimum Gasteiger partial charge on any atom is -0.465 e. The van der Waals surface area contributed by atoms with Gasteiger partial charge in [-0.15, -0.1) is 5.10 Å². The van der Waals surface area contributed by atoms with Crippen molar-refractivity contribution in [1.82, 2.24) is 24.6 Å². The summed E-state index contributed by atoms with van der Waals surface area (Å²) in [5.41, 5.74) is 9.02. The molecule has 0 saturated carbocycles. The van der Waals surface area contributed by atoms with Gasteiger partial charge in [0.2, 0.25) is 0 Å². The van der Waals surface area contributed by atoms with Crippen molar-refractivity contribution in [1.29, 1.82) is 0 Å². The number of nitrogens with two attached hydrogens (primary N) is 1. The second kappa shape index (κ2) is 9.86. The minimum absolute atomic E-state index is 0.0358. The van der Waals surface area contributed by atoms with Crippen LogP contribution >= 0.6 is 0 Å². The van der Waals surface area contributed by atoms with Crippen LogP contribution in [0.3, 0.4) is 0 Å². The fraction of sp³-hybridized carbons (Fsp3) is 0.360. The van der Waals surface area contributed by atoms with Gasteiger partial charge in [0.1, 0.15) is 23.9 Å². The average Bonchev–Trinajstić information content (AvgIpc) is 3.45. The van der Waals surface area contributed by atoms with Crippen molar-refractivity contribution in [3.8, 4) is 23.0 Å². The lowest BCUT2D eigenvalue weighted by Crippen LogP contribution is -2.34. The summed E-state index contributed by atoms with van der Waals surface area (Å²) in [6.07, 6.45) is 3.27. The summed E-state index contributed by atoms with van der Waals surface area (Å²) in [5.74, 6) is 1.39. The van der Waals surface area contributed by atoms with Crippen molar-refractivity contribution in [2.45, 2.75) is 45.4 Å². The third-order valence-corrected chi connectivity index (χ3v) is 8.01. The van der Waals surface area contributed by atoms with E-state index in [9.17, 15) is 9.90 Å². The number of ether oxygens (including phenoxy) is 2. The van der Waals surface area contributed by atoms with Crippen LogP contribution in [-0.2, 0) is 24.4 Å². The van der Waals surface area contributed by atoms with Gasteiger partial charge < -0.3 is 34.2 Å². The number of nitrogen functional groups attached to an aromatic ring is 1. The second-order valence-corrected chi connectivity index (χ2v) is 15.9. The molecule has 3 N–H and O–H groups in total. The Morgan fingerprint density at radius 1 is 1.22 bits per heavy atom. The Morgan fingerprint density at radius 2 is 2.05 bits per heavy atom. The lowest BCUT2D eigenvalue weighted by molar-refractivity contribution is 0.0899. The molecule has 0 fully saturated rings. The molecule has 1 aliphatic rings. The van der Waals surface area contributed by atoms with Gasteiger partial charge >= 0.3 is 12.1 Å². The number of fused-ring (bicyclic) bond motifs is 2. The van der Waals surface area contributed by atoms with Gasteiger partial charge in [0.15, 0.2) is 0 Å². The molecular formula is C25H30N6O5Si. The molecule has 0 unspecified atom stereocenters. The van der Waals surface area contributed by atoms with Gasteiger partial charge in [-0.1, -0.05) is 30.8 Å². The maximum atomic E-state index is 11.5. The summed E-state index contributed by atoms with van der Waals surface area (Å²) in [6, 6.07) is 8.55. The summed E-state index contributed by atoms with van der Waals surface area (Å²) in [6.45, 7) is 8.71. The molecule has 0 aliphatic carbocycles. The van der Waals surface area contributed by atoms with Crippen LogP contribution in [0.15, 0.2) is 41.1 Å². The molecule has 5 rings (SSSR count). The van der Waals surface area contributed by atoms with E-state index in [1.165, 1.54) is 4.90 Å². The molecule has 1 amide bonds. The molecule has 194 valence electrons. The molecule has 11 nitrogen and oxygen atoms in total. The van der Waals surface area contributed by atoms with Crippen LogP contribution in [0.2, 0.25) is 25.7 Å². The van der Waals surface area contributed by atoms with Crippen LogP contribution < -0.4 is 10.5 Å². The van der Waals surface area contributed by atoms with Gasteiger partial charge in [0, 0.05) is 40.2 Å². The number of hydrogen-bond donors (Lipinski definition) is 2. The number of nitrogens with zero attached hydrogens (tertiary/aromatic N) is 5. The lowest BCUT2D eigenvalue weighted by atomic mass is 10.00. The highest BCUT2D eigenvalue weighted by molar-refractivity contribution is 6.76. The monoisotopic (exact) mass is 522 g/mol. The average molecular weight is 523 g/mol. The largest absolute Gasteiger partial charge is 0.465 e. The summed E-state index contributed by atoms with van der Waals surface area (Å²) in [5, 5.41) is 18.0. The molecule has 1 aromatic carbocycles. The van der Waals surface area contributed by atoms with E-state index in [-0.39, 0.29) is 11.9 Å². The zero-order chi connectivity index (χ0) is 26.2. The Hall–Kier alpha value is -3.90. The number of pyridine rings is 1. The Bertz CT molecular complexity index is 1440. The number of carboxylic acid groups (broad SMARTS) is 1. The molecule has 37 heavy (non-hydrogen) atoms. The van der Waals surface area contributed by atoms with Crippen molar-refractivity contribution >= 4 is 31.2 Å². The van der Waals surface area contributed by atoms with Crippen molar-refractivity contribution in [3.63, 3.8) is 0 Å². The van der Waals surface area contributed by atoms with E-state index < -0.39 is 14.2 Å². The number of rotatable bonds is 8. The Labute approximate surface area is 214 Å². The van der Waals surface area contributed by atoms with Gasteiger partial charge in [-0.3, -0.25) is 0 Å². The second-order valence-electron chi connectivity index (χ2n) is 10.3. The van der Waals surface area contributed by atoms with Crippen LogP contribution in [0.25, 0.3) is 22.5 Å². The third-order valence-electron chi connectivity index (χ3n) is 6.31. The van der Waals surface area contributed by atoms with Crippen molar-refractivity contribution in [2.24, 2.45) is 0 Å². The van der Waals surface area contributed by atoms with Crippen molar-refractivity contribution in [3.05, 3.63) is 47.8 Å². The van der Waals surface area contributed by atoms with Crippen LogP contribution in [0.5, 0.6) is 11.5 Å². The van der Waals surface area contributed by atoms with E-state index >= 15 is 0 Å². The summed E-state index contributed by atoms with van der Waals surface area (Å²) in [4.78, 5) is 17.4. The van der Waals surface area contributed by atoms with E-state index in [0.29, 0.717) is 60.9 Å². The van der Waals surface area contributed by atoms with E-state index in [2.05, 4.69) is 34.8 Å². The standard InChI is InChI=1S/C25H30N6O5Si/c1-37(2,3)11-10-34-15-31-14-19(23-28-29-24(26)36-23)21-20(6-8-27-22(21)31)35-18-5-4-16-7-9-30(25(32)33)13-17(16)12-18/h4-6,8,12,14H,7,9-11,13,15H2,1-3H3,(H2,26,29)(H,32,33). The molecule has 4 aromatic rings. The van der Waals surface area contributed by atoms with Gasteiger partial charge in [-0.25, -0.2) is 9.78 Å². The first-order valence-electron chi connectivity index (χ1n) is 12.1. The molecule has 0 bridgehead atoms. The minimum atomic E-state index is -1.22. The molecule has 4 heterocycles. The van der Waals surface area contributed by atoms with Crippen LogP contribution in [-0.4, -0.2) is 57.1 Å². The smallest absolute Gasteiger partial charge is 0.407 e. The Balaban J connectivity index is 1.48. The van der Waals surface area contributed by atoms with Crippen LogP contribution in [0.4, 0.5) is 10.8 Å². The molecule has 0 saturated heterocycles. The maximum Gasteiger partial charge on any atom is 0.407 e. The molecule has 3 aromatic heterocycles. The van der Waals surface area contributed by atoms with E-state index in [1.54, 1.807) is 12.3 Å². The van der Waals surface area contributed by atoms with Gasteiger partial charge in [0.05, 0.1) is 10.9 Å². The first kappa shape index (κ1) is 24.8. The highest BCUT2D eigenvalue weighted by Gasteiger charge is 2.23. The van der Waals surface area contributed by atoms with Crippen LogP contribution in [0.1, 0.15) is 11.1 Å². The Kier molecular flexibility index (Phi) is 6.60. The molecule has 0 radical (unpaired) electrons. The Morgan fingerprint density at radius 3 is 2.78 bits per heavy atom. The topological polar surface area (TPSA) is 142 Å². The third kappa shape index (κ3) is 5.44. The number of carbonyl (C=O) groups is 1. The van der Waals surface area contributed by atoms with Crippen LogP contribution in [0, 0.1) is 0 Å². The maximum absolute atomic E-state index is 11.5. The van der Waals surface area contributed by atoms with Gasteiger partial charge in [-0.05, 0) is 41.8 Å². The number of benzene rings is 1. The summed E-state index contributed by atoms with van der Waals surface area (Å²) < 4.78 is 19.7. The SMILES string of the molecule is C[Si](C)(C)CCOCn1cc(-c2nnc(N)o2)c2c(Oc3ccc4c(c3)CN(C(=O)O)CC4)ccnc21. The zero-order valence-corrected chi connectivity index (χ0v) is 22.1. The van der Waals surface area contributed by atoms with Crippen molar-refractivity contribution < 1.29 is 23.8 Å². The van der Waals surface area contributed by atoms with Gasteiger partial charge in [0.25, 0.3) is 5.89 Å². The lowest BCUT2D eigenvalue weighted by Gasteiger charge is -2.26. The quantitative estimate of drug-likeness (QED) is 0.246. The molecule has 0 spiro atoms. The summed E-state index contributed by atoms with van der Waals surface area (Å²) in [7, 11) is -1.22. The number of aromatic nitrogens is 4. The van der Waals surface area contributed by atoms with E-state index in [4.69, 9.17) is 19.6 Å². The molecule has 0 atom stereocenters. The van der Waals surface area contributed by atoms with Crippen molar-refractivity contribution in [2.75, 3.05) is 18.9 Å². The predicted octanol–water partition coefficient (Wildman–Crippen LogP) is 4.81.